The van der Waals surface area contributed by atoms with E-state index in [1.165, 1.54) is 0 Å². The summed E-state index contributed by atoms with van der Waals surface area (Å²) in [5.41, 5.74) is 4.00. The molecule has 3 aromatic rings. The number of aromatic nitrogens is 5. The maximum atomic E-state index is 10.6. The van der Waals surface area contributed by atoms with Crippen LogP contribution in [0.25, 0.3) is 0 Å². The smallest absolute Gasteiger partial charge is 0.155 e. The van der Waals surface area contributed by atoms with Gasteiger partial charge in [0, 0.05) is 56.9 Å². The Morgan fingerprint density at radius 3 is 2.92 bits per heavy atom. The second kappa shape index (κ2) is 7.01. The lowest BCUT2D eigenvalue weighted by Gasteiger charge is -2.27. The van der Waals surface area contributed by atoms with E-state index in [1.807, 2.05) is 41.5 Å². The summed E-state index contributed by atoms with van der Waals surface area (Å²) in [5, 5.41) is 15.2. The highest BCUT2D eigenvalue weighted by molar-refractivity contribution is 5.19. The molecule has 0 fully saturated rings. The first-order valence-electron chi connectivity index (χ1n) is 8.97. The molecule has 0 saturated heterocycles. The summed E-state index contributed by atoms with van der Waals surface area (Å²) < 4.78 is 3.83. The van der Waals surface area contributed by atoms with Crippen molar-refractivity contribution in [2.24, 2.45) is 7.05 Å². The highest BCUT2D eigenvalue weighted by Gasteiger charge is 2.23. The minimum Gasteiger partial charge on any atom is -0.379 e. The van der Waals surface area contributed by atoms with Crippen LogP contribution in [0.5, 0.6) is 0 Å². The molecule has 0 aromatic carbocycles. The molecule has 1 atom stereocenters. The number of aliphatic hydroxyl groups is 1. The van der Waals surface area contributed by atoms with Crippen molar-refractivity contribution < 1.29 is 5.11 Å². The van der Waals surface area contributed by atoms with E-state index in [0.29, 0.717) is 11.5 Å². The van der Waals surface area contributed by atoms with Gasteiger partial charge in [0.2, 0.25) is 0 Å². The maximum Gasteiger partial charge on any atom is 0.155 e. The van der Waals surface area contributed by atoms with E-state index in [1.54, 1.807) is 6.20 Å². The Morgan fingerprint density at radius 2 is 2.15 bits per heavy atom. The van der Waals surface area contributed by atoms with Gasteiger partial charge in [0.15, 0.2) is 6.10 Å². The van der Waals surface area contributed by atoms with Crippen molar-refractivity contribution in [2.75, 3.05) is 13.1 Å². The second-order valence-corrected chi connectivity index (χ2v) is 6.88. The fourth-order valence-electron chi connectivity index (χ4n) is 3.45. The average molecular weight is 352 g/mol. The molecular weight excluding hydrogens is 328 g/mol. The molecule has 0 bridgehead atoms. The van der Waals surface area contributed by atoms with Crippen LogP contribution in [-0.2, 0) is 26.6 Å². The van der Waals surface area contributed by atoms with Crippen LogP contribution in [0.15, 0.2) is 36.7 Å². The number of aryl methyl sites for hydroxylation is 2. The highest BCUT2D eigenvalue weighted by Crippen LogP contribution is 2.22. The number of fused-ring (bicyclic) bond motifs is 1. The van der Waals surface area contributed by atoms with Crippen LogP contribution in [0.3, 0.4) is 0 Å². The maximum absolute atomic E-state index is 10.6. The summed E-state index contributed by atoms with van der Waals surface area (Å²) in [6, 6.07) is 8.17. The van der Waals surface area contributed by atoms with Crippen molar-refractivity contribution in [2.45, 2.75) is 32.5 Å². The first-order valence-corrected chi connectivity index (χ1v) is 8.97. The second-order valence-electron chi connectivity index (χ2n) is 6.88. The quantitative estimate of drug-likeness (QED) is 0.753. The number of pyridine rings is 1. The Hall–Kier alpha value is -2.51. The topological polar surface area (TPSA) is 72.0 Å². The van der Waals surface area contributed by atoms with E-state index in [-0.39, 0.29) is 0 Å². The van der Waals surface area contributed by atoms with E-state index in [4.69, 9.17) is 0 Å². The predicted molar refractivity (Wildman–Crippen MR) is 97.5 cm³/mol. The zero-order valence-corrected chi connectivity index (χ0v) is 15.2. The van der Waals surface area contributed by atoms with Crippen LogP contribution in [-0.4, -0.2) is 47.4 Å². The van der Waals surface area contributed by atoms with Gasteiger partial charge < -0.3 is 9.67 Å². The first-order chi connectivity index (χ1) is 12.6. The van der Waals surface area contributed by atoms with Gasteiger partial charge in [-0.15, -0.1) is 0 Å². The Labute approximate surface area is 152 Å². The molecule has 4 heterocycles. The molecule has 26 heavy (non-hydrogen) atoms. The van der Waals surface area contributed by atoms with Gasteiger partial charge in [0.25, 0.3) is 0 Å². The van der Waals surface area contributed by atoms with E-state index < -0.39 is 6.10 Å². The normalized spacial score (nSPS) is 15.8. The summed E-state index contributed by atoms with van der Waals surface area (Å²) in [6.07, 6.45) is 3.67. The molecule has 1 N–H and O–H groups in total. The summed E-state index contributed by atoms with van der Waals surface area (Å²) in [4.78, 5) is 11.2. The fraction of sp³-hybridized carbons (Fsp3) is 0.421. The van der Waals surface area contributed by atoms with Crippen LogP contribution in [0.4, 0.5) is 0 Å². The van der Waals surface area contributed by atoms with E-state index in [2.05, 4.69) is 32.1 Å². The van der Waals surface area contributed by atoms with E-state index >= 15 is 0 Å². The van der Waals surface area contributed by atoms with Gasteiger partial charge in [-0.05, 0) is 25.1 Å². The fourth-order valence-corrected chi connectivity index (χ4v) is 3.45. The molecule has 0 saturated carbocycles. The molecule has 7 heteroatoms. The predicted octanol–water partition coefficient (Wildman–Crippen LogP) is 1.46. The summed E-state index contributed by atoms with van der Waals surface area (Å²) in [5.74, 6) is 0.614. The van der Waals surface area contributed by atoms with Crippen molar-refractivity contribution in [1.29, 1.82) is 0 Å². The Kier molecular flexibility index (Phi) is 4.57. The van der Waals surface area contributed by atoms with Crippen molar-refractivity contribution in [1.82, 2.24) is 29.2 Å². The van der Waals surface area contributed by atoms with Crippen molar-refractivity contribution in [3.8, 4) is 0 Å². The van der Waals surface area contributed by atoms with Crippen LogP contribution < -0.4 is 0 Å². The lowest BCUT2D eigenvalue weighted by atomic mass is 10.2. The minimum atomic E-state index is -0.793. The number of hydrogen-bond donors (Lipinski definition) is 1. The molecule has 0 radical (unpaired) electrons. The van der Waals surface area contributed by atoms with Crippen LogP contribution in [0, 0.1) is 6.92 Å². The third-order valence-corrected chi connectivity index (χ3v) is 4.91. The van der Waals surface area contributed by atoms with Crippen molar-refractivity contribution >= 4 is 0 Å². The lowest BCUT2D eigenvalue weighted by Crippen LogP contribution is -2.35. The summed E-state index contributed by atoms with van der Waals surface area (Å²) in [7, 11) is 1.88. The number of imidazole rings is 1. The summed E-state index contributed by atoms with van der Waals surface area (Å²) in [6.45, 7) is 5.63. The third-order valence-electron chi connectivity index (χ3n) is 4.91. The lowest BCUT2D eigenvalue weighted by molar-refractivity contribution is 0.197. The molecule has 1 unspecified atom stereocenters. The third kappa shape index (κ3) is 3.40. The molecule has 0 aliphatic carbocycles. The van der Waals surface area contributed by atoms with Gasteiger partial charge in [-0.1, -0.05) is 6.07 Å². The van der Waals surface area contributed by atoms with Gasteiger partial charge in [0.1, 0.15) is 5.82 Å². The van der Waals surface area contributed by atoms with Gasteiger partial charge in [-0.3, -0.25) is 14.6 Å². The highest BCUT2D eigenvalue weighted by atomic mass is 16.3. The zero-order valence-electron chi connectivity index (χ0n) is 15.2. The monoisotopic (exact) mass is 352 g/mol. The van der Waals surface area contributed by atoms with Crippen LogP contribution in [0.2, 0.25) is 0 Å². The summed E-state index contributed by atoms with van der Waals surface area (Å²) >= 11 is 0. The molecule has 1 aliphatic rings. The first kappa shape index (κ1) is 16.9. The molecule has 0 amide bonds. The average Bonchev–Trinajstić information content (AvgIpc) is 3.25. The van der Waals surface area contributed by atoms with Gasteiger partial charge in [0.05, 0.1) is 17.9 Å². The molecular formula is C19H24N6O. The molecule has 7 nitrogen and oxygen atoms in total. The van der Waals surface area contributed by atoms with Gasteiger partial charge in [-0.25, -0.2) is 4.98 Å². The van der Waals surface area contributed by atoms with Crippen LogP contribution >= 0.6 is 0 Å². The standard InChI is InChI=1S/C19H24N6O/c1-14-4-3-5-15(21-14)6-8-24-10-11-25-16(13-24)12-17(22-25)18(26)19-20-7-9-23(19)2/h3-5,7,9,12,18,26H,6,8,10-11,13H2,1-2H3. The van der Waals surface area contributed by atoms with Crippen molar-refractivity contribution in [3.63, 3.8) is 0 Å². The molecule has 0 spiro atoms. The molecule has 4 rings (SSSR count). The van der Waals surface area contributed by atoms with Crippen LogP contribution in [0.1, 0.15) is 34.7 Å². The number of aliphatic hydroxyl groups excluding tert-OH is 1. The Morgan fingerprint density at radius 1 is 1.27 bits per heavy atom. The number of rotatable bonds is 5. The number of hydrogen-bond acceptors (Lipinski definition) is 5. The minimum absolute atomic E-state index is 0.614. The SMILES string of the molecule is Cc1cccc(CCN2CCn3nc(C(O)c4nccn4C)cc3C2)n1. The number of nitrogens with zero attached hydrogens (tertiary/aromatic N) is 6. The zero-order chi connectivity index (χ0) is 18.1. The van der Waals surface area contributed by atoms with E-state index in [9.17, 15) is 5.11 Å². The van der Waals surface area contributed by atoms with Gasteiger partial charge in [-0.2, -0.15) is 5.10 Å². The van der Waals surface area contributed by atoms with Gasteiger partial charge >= 0.3 is 0 Å². The molecule has 136 valence electrons. The van der Waals surface area contributed by atoms with E-state index in [0.717, 1.165) is 49.7 Å². The largest absolute Gasteiger partial charge is 0.379 e. The Balaban J connectivity index is 1.42. The van der Waals surface area contributed by atoms with Crippen molar-refractivity contribution in [3.05, 3.63) is 65.3 Å². The Bertz CT molecular complexity index is 899. The molecule has 1 aliphatic heterocycles. The molecule has 3 aromatic heterocycles.